The number of carbonyl (C=O) groups excluding carboxylic acids is 1. The molecule has 37 heavy (non-hydrogen) atoms. The van der Waals surface area contributed by atoms with Crippen LogP contribution in [0.15, 0.2) is 42.6 Å². The molecule has 2 saturated heterocycles. The van der Waals surface area contributed by atoms with E-state index in [9.17, 15) is 10.1 Å². The molecule has 3 heterocycles. The van der Waals surface area contributed by atoms with Gasteiger partial charge >= 0.3 is 0 Å². The molecule has 190 valence electrons. The lowest BCUT2D eigenvalue weighted by atomic mass is 9.96. The second-order valence-electron chi connectivity index (χ2n) is 9.91. The normalized spacial score (nSPS) is 20.9. The number of benzene rings is 2. The number of nitrogens with zero attached hydrogens (tertiary/aromatic N) is 4. The zero-order valence-electron chi connectivity index (χ0n) is 20.9. The summed E-state index contributed by atoms with van der Waals surface area (Å²) in [6.45, 7) is 4.60. The van der Waals surface area contributed by atoms with Crippen molar-refractivity contribution >= 4 is 23.5 Å². The standard InChI is InChI=1S/C28H29ClN6O2/c1-16-9-18(14-30)10-17(2)26(16)37-25-7-8-32-28(34-25)33-21-12-22-5-6-23(13-21)35(22)15-20-4-3-19(27(31)36)11-24(20)29/h3-4,7-11,21-23H,5-6,12-13,15H2,1-2H3,(H2,31,36)(H,32,33,34)/t21?,22-,23+. The Hall–Kier alpha value is -3.67. The van der Waals surface area contributed by atoms with Crippen LogP contribution in [-0.4, -0.2) is 38.9 Å². The second-order valence-corrected chi connectivity index (χ2v) is 10.3. The topological polar surface area (TPSA) is 117 Å². The van der Waals surface area contributed by atoms with Crippen LogP contribution in [0.5, 0.6) is 11.6 Å². The second kappa shape index (κ2) is 10.4. The molecular weight excluding hydrogens is 488 g/mol. The number of piperidine rings is 1. The van der Waals surface area contributed by atoms with Crippen molar-refractivity contribution in [3.05, 3.63) is 75.4 Å². The van der Waals surface area contributed by atoms with Gasteiger partial charge in [-0.15, -0.1) is 0 Å². The minimum absolute atomic E-state index is 0.259. The van der Waals surface area contributed by atoms with Crippen molar-refractivity contribution in [1.82, 2.24) is 14.9 Å². The predicted octanol–water partition coefficient (Wildman–Crippen LogP) is 5.12. The number of aromatic nitrogens is 2. The van der Waals surface area contributed by atoms with E-state index in [2.05, 4.69) is 26.3 Å². The number of fused-ring (bicyclic) bond motifs is 2. The lowest BCUT2D eigenvalue weighted by molar-refractivity contribution is 0.1000. The summed E-state index contributed by atoms with van der Waals surface area (Å²) < 4.78 is 6.09. The van der Waals surface area contributed by atoms with Gasteiger partial charge in [0.2, 0.25) is 17.7 Å². The molecule has 8 nitrogen and oxygen atoms in total. The molecule has 2 aliphatic heterocycles. The summed E-state index contributed by atoms with van der Waals surface area (Å²) in [5.74, 6) is 1.24. The fraction of sp³-hybridized carbons (Fsp3) is 0.357. The summed E-state index contributed by atoms with van der Waals surface area (Å²) in [7, 11) is 0. The number of anilines is 1. The number of hydrogen-bond acceptors (Lipinski definition) is 7. The Labute approximate surface area is 221 Å². The molecule has 0 spiro atoms. The van der Waals surface area contributed by atoms with Crippen molar-refractivity contribution in [2.24, 2.45) is 5.73 Å². The fourth-order valence-electron chi connectivity index (χ4n) is 5.61. The Morgan fingerprint density at radius 3 is 2.51 bits per heavy atom. The van der Waals surface area contributed by atoms with E-state index in [4.69, 9.17) is 22.1 Å². The number of nitriles is 1. The molecule has 1 aromatic heterocycles. The number of halogens is 1. The molecule has 0 radical (unpaired) electrons. The molecule has 5 rings (SSSR count). The number of primary amides is 1. The van der Waals surface area contributed by atoms with Crippen LogP contribution in [0.4, 0.5) is 5.95 Å². The summed E-state index contributed by atoms with van der Waals surface area (Å²) in [4.78, 5) is 23.0. The van der Waals surface area contributed by atoms with Crippen molar-refractivity contribution in [3.8, 4) is 17.7 Å². The van der Waals surface area contributed by atoms with Crippen LogP contribution in [0, 0.1) is 25.2 Å². The Morgan fingerprint density at radius 1 is 1.19 bits per heavy atom. The lowest BCUT2D eigenvalue weighted by Gasteiger charge is -2.39. The van der Waals surface area contributed by atoms with Crippen molar-refractivity contribution < 1.29 is 9.53 Å². The van der Waals surface area contributed by atoms with E-state index in [0.29, 0.717) is 45.8 Å². The Kier molecular flexibility index (Phi) is 7.00. The van der Waals surface area contributed by atoms with E-state index < -0.39 is 5.91 Å². The molecule has 2 aromatic carbocycles. The number of hydrogen-bond donors (Lipinski definition) is 2. The average Bonchev–Trinajstić information content (AvgIpc) is 3.09. The Balaban J connectivity index is 1.24. The molecule has 1 amide bonds. The van der Waals surface area contributed by atoms with E-state index in [0.717, 1.165) is 48.9 Å². The van der Waals surface area contributed by atoms with Crippen LogP contribution in [0.1, 0.15) is 58.3 Å². The van der Waals surface area contributed by atoms with Crippen LogP contribution < -0.4 is 15.8 Å². The first-order valence-electron chi connectivity index (χ1n) is 12.4. The van der Waals surface area contributed by atoms with Gasteiger partial charge in [-0.25, -0.2) is 4.98 Å². The lowest BCUT2D eigenvalue weighted by Crippen LogP contribution is -2.46. The average molecular weight is 517 g/mol. The summed E-state index contributed by atoms with van der Waals surface area (Å²) in [5.41, 5.74) is 9.20. The number of nitrogens with two attached hydrogens (primary N) is 1. The minimum atomic E-state index is -0.473. The molecule has 3 aromatic rings. The maximum atomic E-state index is 11.4. The Morgan fingerprint density at radius 2 is 1.89 bits per heavy atom. The van der Waals surface area contributed by atoms with E-state index in [1.54, 1.807) is 24.4 Å². The fourth-order valence-corrected chi connectivity index (χ4v) is 5.85. The highest BCUT2D eigenvalue weighted by atomic mass is 35.5. The zero-order chi connectivity index (χ0) is 26.1. The van der Waals surface area contributed by atoms with E-state index in [-0.39, 0.29) is 6.04 Å². The van der Waals surface area contributed by atoms with Crippen LogP contribution in [0.3, 0.4) is 0 Å². The predicted molar refractivity (Wildman–Crippen MR) is 142 cm³/mol. The molecule has 0 aliphatic carbocycles. The summed E-state index contributed by atoms with van der Waals surface area (Å²) >= 11 is 6.46. The third-order valence-electron chi connectivity index (χ3n) is 7.33. The number of amides is 1. The number of ether oxygens (including phenoxy) is 1. The van der Waals surface area contributed by atoms with Gasteiger partial charge in [0.25, 0.3) is 0 Å². The number of carbonyl (C=O) groups is 1. The quantitative estimate of drug-likeness (QED) is 0.447. The summed E-state index contributed by atoms with van der Waals surface area (Å²) in [6, 6.07) is 14.0. The monoisotopic (exact) mass is 516 g/mol. The highest BCUT2D eigenvalue weighted by Crippen LogP contribution is 2.38. The van der Waals surface area contributed by atoms with Crippen LogP contribution >= 0.6 is 11.6 Å². The van der Waals surface area contributed by atoms with Crippen molar-refractivity contribution in [1.29, 1.82) is 5.26 Å². The third-order valence-corrected chi connectivity index (χ3v) is 7.69. The van der Waals surface area contributed by atoms with Crippen molar-refractivity contribution in [2.75, 3.05) is 5.32 Å². The Bertz CT molecular complexity index is 1350. The molecule has 3 N–H and O–H groups in total. The van der Waals surface area contributed by atoms with Gasteiger partial charge in [0, 0.05) is 47.5 Å². The van der Waals surface area contributed by atoms with Gasteiger partial charge < -0.3 is 15.8 Å². The number of nitrogens with one attached hydrogen (secondary N) is 1. The smallest absolute Gasteiger partial charge is 0.248 e. The molecule has 2 aliphatic rings. The summed E-state index contributed by atoms with van der Waals surface area (Å²) in [5, 5.41) is 13.3. The van der Waals surface area contributed by atoms with Crippen molar-refractivity contribution in [2.45, 2.75) is 64.2 Å². The number of rotatable bonds is 7. The molecule has 1 unspecified atom stereocenters. The molecular formula is C28H29ClN6O2. The van der Waals surface area contributed by atoms with Crippen LogP contribution in [0.25, 0.3) is 0 Å². The minimum Gasteiger partial charge on any atom is -0.438 e. The van der Waals surface area contributed by atoms with Gasteiger partial charge in [-0.2, -0.15) is 10.2 Å². The van der Waals surface area contributed by atoms with Crippen LogP contribution in [-0.2, 0) is 6.54 Å². The van der Waals surface area contributed by atoms with E-state index >= 15 is 0 Å². The first-order valence-corrected chi connectivity index (χ1v) is 12.8. The molecule has 9 heteroatoms. The first-order chi connectivity index (χ1) is 17.8. The maximum absolute atomic E-state index is 11.4. The molecule has 3 atom stereocenters. The van der Waals surface area contributed by atoms with Gasteiger partial charge in [-0.05, 0) is 80.5 Å². The van der Waals surface area contributed by atoms with Crippen LogP contribution in [0.2, 0.25) is 5.02 Å². The largest absolute Gasteiger partial charge is 0.438 e. The molecule has 2 fully saturated rings. The maximum Gasteiger partial charge on any atom is 0.248 e. The SMILES string of the molecule is Cc1cc(C#N)cc(C)c1Oc1ccnc(NC2C[C@H]3CC[C@@H](C2)N3Cc2ccc(C(N)=O)cc2Cl)n1. The highest BCUT2D eigenvalue weighted by Gasteiger charge is 2.41. The zero-order valence-corrected chi connectivity index (χ0v) is 21.6. The highest BCUT2D eigenvalue weighted by molar-refractivity contribution is 6.31. The number of aryl methyl sites for hydroxylation is 2. The van der Waals surface area contributed by atoms with E-state index in [1.165, 1.54) is 0 Å². The van der Waals surface area contributed by atoms with Crippen molar-refractivity contribution in [3.63, 3.8) is 0 Å². The van der Waals surface area contributed by atoms with Gasteiger partial charge in [-0.1, -0.05) is 17.7 Å². The summed E-state index contributed by atoms with van der Waals surface area (Å²) in [6.07, 6.45) is 5.94. The van der Waals surface area contributed by atoms with Gasteiger partial charge in [0.1, 0.15) is 5.75 Å². The van der Waals surface area contributed by atoms with Gasteiger partial charge in [0.05, 0.1) is 11.6 Å². The molecule has 2 bridgehead atoms. The first kappa shape index (κ1) is 25.0. The van der Waals surface area contributed by atoms with Gasteiger partial charge in [-0.3, -0.25) is 9.69 Å². The molecule has 0 saturated carbocycles. The van der Waals surface area contributed by atoms with E-state index in [1.807, 2.05) is 32.0 Å². The third kappa shape index (κ3) is 5.38. The van der Waals surface area contributed by atoms with Gasteiger partial charge in [0.15, 0.2) is 0 Å².